The van der Waals surface area contributed by atoms with Gasteiger partial charge in [-0.1, -0.05) is 18.2 Å². The molecular weight excluding hydrogens is 324 g/mol. The molecule has 4 aromatic rings. The van der Waals surface area contributed by atoms with Crippen LogP contribution in [0.15, 0.2) is 36.5 Å². The SMILES string of the molecule is Cc1cc2c([nH]c3c(-c4cnc5c(c4)OCCN5C)cccc32)c(C)n1. The van der Waals surface area contributed by atoms with E-state index in [1.165, 1.54) is 10.8 Å². The lowest BCUT2D eigenvalue weighted by molar-refractivity contribution is 0.309. The summed E-state index contributed by atoms with van der Waals surface area (Å²) in [5.41, 5.74) is 6.45. The highest BCUT2D eigenvalue weighted by atomic mass is 16.5. The number of para-hydroxylation sites is 1. The van der Waals surface area contributed by atoms with E-state index in [1.54, 1.807) is 0 Å². The van der Waals surface area contributed by atoms with Crippen molar-refractivity contribution in [2.24, 2.45) is 0 Å². The van der Waals surface area contributed by atoms with Crippen LogP contribution in [0.3, 0.4) is 0 Å². The van der Waals surface area contributed by atoms with Gasteiger partial charge in [-0.05, 0) is 26.0 Å². The van der Waals surface area contributed by atoms with Gasteiger partial charge in [-0.2, -0.15) is 0 Å². The van der Waals surface area contributed by atoms with Gasteiger partial charge in [-0.3, -0.25) is 4.98 Å². The van der Waals surface area contributed by atoms with Gasteiger partial charge in [0.1, 0.15) is 6.61 Å². The predicted molar refractivity (Wildman–Crippen MR) is 105 cm³/mol. The average molecular weight is 344 g/mol. The number of benzene rings is 1. The molecule has 0 saturated heterocycles. The first kappa shape index (κ1) is 15.2. The third-order valence-electron chi connectivity index (χ3n) is 5.12. The summed E-state index contributed by atoms with van der Waals surface area (Å²) in [7, 11) is 2.05. The minimum Gasteiger partial charge on any atom is -0.488 e. The van der Waals surface area contributed by atoms with E-state index in [2.05, 4.69) is 57.1 Å². The highest BCUT2D eigenvalue weighted by molar-refractivity contribution is 6.12. The first-order valence-electron chi connectivity index (χ1n) is 8.85. The molecule has 1 aliphatic rings. The number of hydrogen-bond acceptors (Lipinski definition) is 4. The molecule has 5 heteroatoms. The van der Waals surface area contributed by atoms with Crippen LogP contribution < -0.4 is 9.64 Å². The Morgan fingerprint density at radius 2 is 2.00 bits per heavy atom. The normalized spacial score (nSPS) is 13.9. The van der Waals surface area contributed by atoms with Crippen LogP contribution in [0.2, 0.25) is 0 Å². The van der Waals surface area contributed by atoms with Crippen LogP contribution in [-0.4, -0.2) is 35.2 Å². The van der Waals surface area contributed by atoms with E-state index >= 15 is 0 Å². The molecular formula is C21H20N4O. The molecule has 26 heavy (non-hydrogen) atoms. The predicted octanol–water partition coefficient (Wildman–Crippen LogP) is 4.22. The number of H-pyrrole nitrogens is 1. The third kappa shape index (κ3) is 2.17. The highest BCUT2D eigenvalue weighted by Gasteiger charge is 2.18. The number of likely N-dealkylation sites (N-methyl/N-ethyl adjacent to an activating group) is 1. The summed E-state index contributed by atoms with van der Waals surface area (Å²) in [6.45, 7) is 5.64. The number of nitrogens with zero attached hydrogens (tertiary/aromatic N) is 3. The highest BCUT2D eigenvalue weighted by Crippen LogP contribution is 2.37. The molecule has 0 fully saturated rings. The Morgan fingerprint density at radius 1 is 1.12 bits per heavy atom. The van der Waals surface area contributed by atoms with E-state index in [4.69, 9.17) is 4.74 Å². The van der Waals surface area contributed by atoms with Crippen LogP contribution in [0.25, 0.3) is 32.9 Å². The van der Waals surface area contributed by atoms with Crippen LogP contribution in [0.4, 0.5) is 5.82 Å². The minimum absolute atomic E-state index is 0.690. The number of rotatable bonds is 1. The molecule has 0 amide bonds. The Morgan fingerprint density at radius 3 is 2.88 bits per heavy atom. The van der Waals surface area contributed by atoms with E-state index in [1.807, 2.05) is 20.2 Å². The monoisotopic (exact) mass is 344 g/mol. The average Bonchev–Trinajstić information content (AvgIpc) is 3.01. The quantitative estimate of drug-likeness (QED) is 0.562. The molecule has 0 bridgehead atoms. The van der Waals surface area contributed by atoms with E-state index in [-0.39, 0.29) is 0 Å². The van der Waals surface area contributed by atoms with Crippen LogP contribution in [0, 0.1) is 13.8 Å². The van der Waals surface area contributed by atoms with Gasteiger partial charge in [0, 0.05) is 40.8 Å². The summed E-state index contributed by atoms with van der Waals surface area (Å²) in [5, 5.41) is 2.43. The van der Waals surface area contributed by atoms with E-state index in [0.717, 1.165) is 51.7 Å². The Balaban J connectivity index is 1.76. The van der Waals surface area contributed by atoms with E-state index in [0.29, 0.717) is 6.61 Å². The third-order valence-corrected chi connectivity index (χ3v) is 5.12. The molecule has 0 spiro atoms. The van der Waals surface area contributed by atoms with Crippen molar-refractivity contribution in [3.8, 4) is 16.9 Å². The number of hydrogen-bond donors (Lipinski definition) is 1. The molecule has 0 saturated carbocycles. The molecule has 0 aliphatic carbocycles. The number of aryl methyl sites for hydroxylation is 2. The fourth-order valence-corrected chi connectivity index (χ4v) is 3.85. The van der Waals surface area contributed by atoms with Gasteiger partial charge in [0.2, 0.25) is 0 Å². The second kappa shape index (κ2) is 5.46. The largest absolute Gasteiger partial charge is 0.488 e. The van der Waals surface area contributed by atoms with Gasteiger partial charge in [0.15, 0.2) is 11.6 Å². The molecule has 5 nitrogen and oxygen atoms in total. The Labute approximate surface area is 151 Å². The summed E-state index contributed by atoms with van der Waals surface area (Å²) in [5.74, 6) is 1.75. The minimum atomic E-state index is 0.690. The van der Waals surface area contributed by atoms with Crippen molar-refractivity contribution in [3.63, 3.8) is 0 Å². The first-order chi connectivity index (χ1) is 12.6. The van der Waals surface area contributed by atoms with Crippen molar-refractivity contribution < 1.29 is 4.74 Å². The van der Waals surface area contributed by atoms with Gasteiger partial charge in [0.25, 0.3) is 0 Å². The smallest absolute Gasteiger partial charge is 0.171 e. The second-order valence-corrected chi connectivity index (χ2v) is 6.94. The van der Waals surface area contributed by atoms with E-state index < -0.39 is 0 Å². The molecule has 1 aliphatic heterocycles. The van der Waals surface area contributed by atoms with Crippen LogP contribution in [-0.2, 0) is 0 Å². The zero-order valence-electron chi connectivity index (χ0n) is 15.1. The summed E-state index contributed by atoms with van der Waals surface area (Å²) in [4.78, 5) is 15.0. The van der Waals surface area contributed by atoms with Gasteiger partial charge in [-0.15, -0.1) is 0 Å². The van der Waals surface area contributed by atoms with E-state index in [9.17, 15) is 0 Å². The maximum atomic E-state index is 5.84. The van der Waals surface area contributed by atoms with Crippen LogP contribution >= 0.6 is 0 Å². The lowest BCUT2D eigenvalue weighted by atomic mass is 10.0. The fourth-order valence-electron chi connectivity index (χ4n) is 3.85. The summed E-state index contributed by atoms with van der Waals surface area (Å²) in [6, 6.07) is 10.6. The van der Waals surface area contributed by atoms with Crippen molar-refractivity contribution >= 4 is 27.6 Å². The Bertz CT molecular complexity index is 1160. The Hall–Kier alpha value is -3.08. The lowest BCUT2D eigenvalue weighted by Crippen LogP contribution is -2.29. The number of nitrogens with one attached hydrogen (secondary N) is 1. The van der Waals surface area contributed by atoms with Gasteiger partial charge >= 0.3 is 0 Å². The standard InChI is InChI=1S/C21H20N4O/c1-12-9-17-16-6-4-5-15(20(16)24-19(17)13(2)23-12)14-10-18-21(22-11-14)25(3)7-8-26-18/h4-6,9-11,24H,7-8H2,1-3H3. The van der Waals surface area contributed by atoms with Crippen LogP contribution in [0.1, 0.15) is 11.4 Å². The number of fused-ring (bicyclic) bond motifs is 4. The molecule has 130 valence electrons. The molecule has 5 rings (SSSR count). The molecule has 0 radical (unpaired) electrons. The van der Waals surface area contributed by atoms with Crippen molar-refractivity contribution in [2.75, 3.05) is 25.1 Å². The van der Waals surface area contributed by atoms with Crippen molar-refractivity contribution in [1.82, 2.24) is 15.0 Å². The molecule has 3 aromatic heterocycles. The van der Waals surface area contributed by atoms with Crippen molar-refractivity contribution in [3.05, 3.63) is 47.9 Å². The van der Waals surface area contributed by atoms with Gasteiger partial charge in [-0.25, -0.2) is 4.98 Å². The second-order valence-electron chi connectivity index (χ2n) is 6.94. The molecule has 4 heterocycles. The number of aromatic nitrogens is 3. The number of pyridine rings is 2. The number of aromatic amines is 1. The summed E-state index contributed by atoms with van der Waals surface area (Å²) in [6.07, 6.45) is 1.93. The van der Waals surface area contributed by atoms with Crippen LogP contribution in [0.5, 0.6) is 5.75 Å². The maximum absolute atomic E-state index is 5.84. The molecule has 0 unspecified atom stereocenters. The topological polar surface area (TPSA) is 54.0 Å². The Kier molecular flexibility index (Phi) is 3.19. The molecule has 0 atom stereocenters. The number of anilines is 1. The lowest BCUT2D eigenvalue weighted by Gasteiger charge is -2.26. The zero-order chi connectivity index (χ0) is 17.8. The first-order valence-corrected chi connectivity index (χ1v) is 8.85. The van der Waals surface area contributed by atoms with Crippen molar-refractivity contribution in [2.45, 2.75) is 13.8 Å². The van der Waals surface area contributed by atoms with Gasteiger partial charge < -0.3 is 14.6 Å². The molecule has 1 aromatic carbocycles. The fraction of sp³-hybridized carbons (Fsp3) is 0.238. The number of ether oxygens (including phenoxy) is 1. The molecule has 1 N–H and O–H groups in total. The summed E-state index contributed by atoms with van der Waals surface area (Å²) < 4.78 is 5.84. The summed E-state index contributed by atoms with van der Waals surface area (Å²) >= 11 is 0. The van der Waals surface area contributed by atoms with Crippen molar-refractivity contribution in [1.29, 1.82) is 0 Å². The van der Waals surface area contributed by atoms with Gasteiger partial charge in [0.05, 0.1) is 23.3 Å². The maximum Gasteiger partial charge on any atom is 0.171 e. The zero-order valence-corrected chi connectivity index (χ0v) is 15.1.